The lowest BCUT2D eigenvalue weighted by atomic mass is 10.1. The molecule has 1 atom stereocenters. The standard InChI is InChI=1S/C25H29NOSi/c1-25(2,3)28(22-13-6-4-7-14-22,23-15-8-5-9-16-23)27-19-21-18-20-12-10-11-17-24(20)26-21/h4-17,21,26H,18-19H2,1-3H3. The number of hydrogen-bond acceptors (Lipinski definition) is 2. The zero-order chi connectivity index (χ0) is 19.6. The molecule has 28 heavy (non-hydrogen) atoms. The number of hydrogen-bond donors (Lipinski definition) is 1. The van der Waals surface area contributed by atoms with Crippen molar-refractivity contribution < 1.29 is 4.43 Å². The minimum Gasteiger partial charge on any atom is -0.405 e. The second-order valence-corrected chi connectivity index (χ2v) is 13.0. The molecule has 3 aromatic rings. The van der Waals surface area contributed by atoms with Gasteiger partial charge < -0.3 is 9.74 Å². The predicted molar refractivity (Wildman–Crippen MR) is 121 cm³/mol. The van der Waals surface area contributed by atoms with Gasteiger partial charge in [-0.1, -0.05) is 99.6 Å². The molecule has 2 nitrogen and oxygen atoms in total. The molecule has 1 aliphatic rings. The first kappa shape index (κ1) is 19.0. The van der Waals surface area contributed by atoms with Gasteiger partial charge in [0, 0.05) is 5.69 Å². The van der Waals surface area contributed by atoms with E-state index in [0.29, 0.717) is 12.6 Å². The Morgan fingerprint density at radius 1 is 0.821 bits per heavy atom. The fourth-order valence-electron chi connectivity index (χ4n) is 4.46. The zero-order valence-corrected chi connectivity index (χ0v) is 18.0. The van der Waals surface area contributed by atoms with Crippen molar-refractivity contribution in [3.63, 3.8) is 0 Å². The molecule has 0 fully saturated rings. The third-order valence-corrected chi connectivity index (χ3v) is 10.8. The molecule has 0 radical (unpaired) electrons. The topological polar surface area (TPSA) is 21.3 Å². The van der Waals surface area contributed by atoms with Gasteiger partial charge in [-0.05, 0) is 33.5 Å². The van der Waals surface area contributed by atoms with Gasteiger partial charge in [0.15, 0.2) is 0 Å². The van der Waals surface area contributed by atoms with Crippen LogP contribution in [0.1, 0.15) is 26.3 Å². The molecule has 0 amide bonds. The number of nitrogens with one attached hydrogen (secondary N) is 1. The highest BCUT2D eigenvalue weighted by Gasteiger charge is 2.50. The summed E-state index contributed by atoms with van der Waals surface area (Å²) in [6, 6.07) is 30.6. The summed E-state index contributed by atoms with van der Waals surface area (Å²) in [4.78, 5) is 0. The molecule has 1 N–H and O–H groups in total. The van der Waals surface area contributed by atoms with Crippen LogP contribution in [0.25, 0.3) is 0 Å². The number of benzene rings is 3. The van der Waals surface area contributed by atoms with Crippen molar-refractivity contribution in [2.45, 2.75) is 38.3 Å². The molecule has 3 heteroatoms. The van der Waals surface area contributed by atoms with Crippen LogP contribution in [-0.4, -0.2) is 21.0 Å². The second kappa shape index (κ2) is 7.57. The number of anilines is 1. The van der Waals surface area contributed by atoms with Crippen molar-refractivity contribution in [3.05, 3.63) is 90.5 Å². The van der Waals surface area contributed by atoms with E-state index < -0.39 is 8.32 Å². The van der Waals surface area contributed by atoms with Crippen LogP contribution in [0.5, 0.6) is 0 Å². The summed E-state index contributed by atoms with van der Waals surface area (Å²) in [5.74, 6) is 0. The Morgan fingerprint density at radius 2 is 1.36 bits per heavy atom. The smallest absolute Gasteiger partial charge is 0.261 e. The molecule has 4 rings (SSSR count). The summed E-state index contributed by atoms with van der Waals surface area (Å²) in [5, 5.41) is 6.35. The lowest BCUT2D eigenvalue weighted by Crippen LogP contribution is -2.67. The van der Waals surface area contributed by atoms with Crippen molar-refractivity contribution in [3.8, 4) is 0 Å². The van der Waals surface area contributed by atoms with Crippen LogP contribution < -0.4 is 15.7 Å². The van der Waals surface area contributed by atoms with Crippen molar-refractivity contribution >= 4 is 24.4 Å². The maximum atomic E-state index is 7.06. The second-order valence-electron chi connectivity index (χ2n) is 8.68. The highest BCUT2D eigenvalue weighted by molar-refractivity contribution is 6.99. The third kappa shape index (κ3) is 3.41. The Labute approximate surface area is 169 Å². The van der Waals surface area contributed by atoms with Gasteiger partial charge in [-0.15, -0.1) is 0 Å². The van der Waals surface area contributed by atoms with Gasteiger partial charge in [-0.25, -0.2) is 0 Å². The van der Waals surface area contributed by atoms with Crippen LogP contribution in [0.4, 0.5) is 5.69 Å². The summed E-state index contributed by atoms with van der Waals surface area (Å²) >= 11 is 0. The first-order valence-corrected chi connectivity index (χ1v) is 12.0. The van der Waals surface area contributed by atoms with Crippen molar-refractivity contribution in [1.29, 1.82) is 0 Å². The van der Waals surface area contributed by atoms with Crippen molar-refractivity contribution in [2.24, 2.45) is 0 Å². The van der Waals surface area contributed by atoms with Crippen LogP contribution in [0, 0.1) is 0 Å². The van der Waals surface area contributed by atoms with E-state index in [0.717, 1.165) is 6.42 Å². The minimum absolute atomic E-state index is 0.0150. The summed E-state index contributed by atoms with van der Waals surface area (Å²) < 4.78 is 7.06. The summed E-state index contributed by atoms with van der Waals surface area (Å²) in [7, 11) is -2.46. The first-order chi connectivity index (χ1) is 13.5. The molecular weight excluding hydrogens is 358 g/mol. The van der Waals surface area contributed by atoms with Gasteiger partial charge >= 0.3 is 0 Å². The van der Waals surface area contributed by atoms with Crippen LogP contribution in [0.3, 0.4) is 0 Å². The Kier molecular flexibility index (Phi) is 5.13. The van der Waals surface area contributed by atoms with Gasteiger partial charge in [-0.2, -0.15) is 0 Å². The molecule has 0 saturated carbocycles. The van der Waals surface area contributed by atoms with Gasteiger partial charge in [0.25, 0.3) is 8.32 Å². The first-order valence-electron chi connectivity index (χ1n) is 10.1. The molecule has 0 aromatic heterocycles. The Hall–Kier alpha value is -2.36. The summed E-state index contributed by atoms with van der Waals surface area (Å²) in [5.41, 5.74) is 2.64. The van der Waals surface area contributed by atoms with E-state index in [2.05, 4.69) is 111 Å². The maximum absolute atomic E-state index is 7.06. The van der Waals surface area contributed by atoms with Gasteiger partial charge in [0.1, 0.15) is 0 Å². The molecular formula is C25H29NOSi. The van der Waals surface area contributed by atoms with E-state index in [1.807, 2.05) is 0 Å². The quantitative estimate of drug-likeness (QED) is 0.646. The molecule has 1 unspecified atom stereocenters. The van der Waals surface area contributed by atoms with E-state index in [1.54, 1.807) is 0 Å². The Balaban J connectivity index is 1.70. The number of fused-ring (bicyclic) bond motifs is 1. The average molecular weight is 388 g/mol. The van der Waals surface area contributed by atoms with E-state index in [4.69, 9.17) is 4.43 Å². The zero-order valence-electron chi connectivity index (χ0n) is 17.0. The lowest BCUT2D eigenvalue weighted by Gasteiger charge is -2.43. The van der Waals surface area contributed by atoms with Gasteiger partial charge in [0.2, 0.25) is 0 Å². The molecule has 0 aliphatic carbocycles. The number of rotatable bonds is 5. The van der Waals surface area contributed by atoms with Crippen LogP contribution >= 0.6 is 0 Å². The van der Waals surface area contributed by atoms with E-state index in [-0.39, 0.29) is 5.04 Å². The van der Waals surface area contributed by atoms with Crippen LogP contribution in [-0.2, 0) is 10.8 Å². The normalized spacial score (nSPS) is 16.5. The van der Waals surface area contributed by atoms with Crippen molar-refractivity contribution in [2.75, 3.05) is 11.9 Å². The van der Waals surface area contributed by atoms with E-state index >= 15 is 0 Å². The van der Waals surface area contributed by atoms with Crippen LogP contribution in [0.2, 0.25) is 5.04 Å². The predicted octanol–water partition coefficient (Wildman–Crippen LogP) is 4.60. The molecule has 144 valence electrons. The summed E-state index contributed by atoms with van der Waals surface area (Å²) in [6.07, 6.45) is 1.02. The fourth-order valence-corrected chi connectivity index (χ4v) is 9.07. The number of para-hydroxylation sites is 1. The fraction of sp³-hybridized carbons (Fsp3) is 0.280. The SMILES string of the molecule is CC(C)(C)[Si](OCC1Cc2ccccc2N1)(c1ccccc1)c1ccccc1. The maximum Gasteiger partial charge on any atom is 0.261 e. The monoisotopic (exact) mass is 387 g/mol. The largest absolute Gasteiger partial charge is 0.405 e. The highest BCUT2D eigenvalue weighted by atomic mass is 28.4. The lowest BCUT2D eigenvalue weighted by molar-refractivity contribution is 0.281. The minimum atomic E-state index is -2.46. The highest BCUT2D eigenvalue weighted by Crippen LogP contribution is 2.37. The van der Waals surface area contributed by atoms with Crippen LogP contribution in [0.15, 0.2) is 84.9 Å². The Bertz CT molecular complexity index is 854. The molecule has 1 aliphatic heterocycles. The molecule has 0 bridgehead atoms. The van der Waals surface area contributed by atoms with Gasteiger partial charge in [-0.3, -0.25) is 0 Å². The third-order valence-electron chi connectivity index (χ3n) is 5.76. The molecule has 0 saturated heterocycles. The van der Waals surface area contributed by atoms with E-state index in [1.165, 1.54) is 21.6 Å². The van der Waals surface area contributed by atoms with E-state index in [9.17, 15) is 0 Å². The Morgan fingerprint density at radius 3 is 1.89 bits per heavy atom. The molecule has 1 heterocycles. The van der Waals surface area contributed by atoms with Crippen molar-refractivity contribution in [1.82, 2.24) is 0 Å². The average Bonchev–Trinajstić information content (AvgIpc) is 3.12. The van der Waals surface area contributed by atoms with Gasteiger partial charge in [0.05, 0.1) is 12.6 Å². The summed E-state index contributed by atoms with van der Waals surface area (Å²) in [6.45, 7) is 7.70. The molecule has 0 spiro atoms. The molecule has 3 aromatic carbocycles.